The number of benzene rings is 2. The molecule has 242 valence electrons. The summed E-state index contributed by atoms with van der Waals surface area (Å²) in [5, 5.41) is 16.6. The standard InChI is InChI=1S/C35H41FN6O4/c1-22(29-10-9-27(41-15-13-40(2)14-16-41)18-24(29)6-5-23-3-4-23)38-35(46)32-19-28(43)21-42(32)33(44)20-37-34(45)31-11-7-25-17-26(36)8-12-30(25)39-31/h5-12,17-18,22-23,28,32,43H,3-4,13-16,19-21H2,1-2H3,(H,37,45)(H,38,46)/b6-5+/t22-,28+,32-/m0/s1. The molecule has 11 heteroatoms. The van der Waals surface area contributed by atoms with Gasteiger partial charge in [-0.3, -0.25) is 14.4 Å². The number of hydrogen-bond acceptors (Lipinski definition) is 7. The van der Waals surface area contributed by atoms with Crippen LogP contribution in [0.5, 0.6) is 0 Å². The van der Waals surface area contributed by atoms with Crippen molar-refractivity contribution in [3.8, 4) is 0 Å². The van der Waals surface area contributed by atoms with E-state index in [1.165, 1.54) is 42.0 Å². The van der Waals surface area contributed by atoms with Crippen LogP contribution in [-0.2, 0) is 9.59 Å². The topological polar surface area (TPSA) is 118 Å². The van der Waals surface area contributed by atoms with Crippen LogP contribution < -0.4 is 15.5 Å². The first-order valence-electron chi connectivity index (χ1n) is 16.0. The molecule has 2 aromatic carbocycles. The number of nitrogens with one attached hydrogen (secondary N) is 2. The van der Waals surface area contributed by atoms with Crippen molar-refractivity contribution in [2.75, 3.05) is 51.2 Å². The molecular weight excluding hydrogens is 587 g/mol. The molecule has 0 unspecified atom stereocenters. The van der Waals surface area contributed by atoms with Gasteiger partial charge in [0.15, 0.2) is 0 Å². The highest BCUT2D eigenvalue weighted by molar-refractivity contribution is 5.97. The molecule has 3 heterocycles. The van der Waals surface area contributed by atoms with Crippen LogP contribution in [0, 0.1) is 11.7 Å². The summed E-state index contributed by atoms with van der Waals surface area (Å²) in [6, 6.07) is 12.3. The van der Waals surface area contributed by atoms with E-state index >= 15 is 0 Å². The van der Waals surface area contributed by atoms with Gasteiger partial charge in [-0.05, 0) is 80.3 Å². The number of likely N-dealkylation sites (N-methyl/N-ethyl adjacent to an activating group) is 1. The summed E-state index contributed by atoms with van der Waals surface area (Å²) in [5.41, 5.74) is 3.75. The van der Waals surface area contributed by atoms with Gasteiger partial charge in [0.1, 0.15) is 17.6 Å². The number of anilines is 1. The minimum absolute atomic E-state index is 0.00391. The zero-order chi connectivity index (χ0) is 32.4. The molecular formula is C35H41FN6O4. The summed E-state index contributed by atoms with van der Waals surface area (Å²) in [6.45, 7) is 5.50. The first kappa shape index (κ1) is 31.6. The van der Waals surface area contributed by atoms with Gasteiger partial charge in [0, 0.05) is 50.2 Å². The lowest BCUT2D eigenvalue weighted by atomic mass is 9.98. The van der Waals surface area contributed by atoms with Crippen molar-refractivity contribution in [2.24, 2.45) is 5.92 Å². The van der Waals surface area contributed by atoms with Crippen LogP contribution in [0.25, 0.3) is 17.0 Å². The zero-order valence-corrected chi connectivity index (χ0v) is 26.3. The molecule has 0 radical (unpaired) electrons. The molecule has 3 aromatic rings. The Morgan fingerprint density at radius 1 is 1.07 bits per heavy atom. The molecule has 10 nitrogen and oxygen atoms in total. The van der Waals surface area contributed by atoms with E-state index in [4.69, 9.17) is 0 Å². The number of halogens is 1. The number of β-amino-alcohol motifs (C(OH)–C–C–N with tert-alkyl or cyclic N) is 1. The number of amides is 3. The number of carbonyl (C=O) groups is 3. The van der Waals surface area contributed by atoms with Crippen LogP contribution >= 0.6 is 0 Å². The number of piperazine rings is 1. The van der Waals surface area contributed by atoms with Crippen molar-refractivity contribution < 1.29 is 23.9 Å². The van der Waals surface area contributed by atoms with Crippen molar-refractivity contribution >= 4 is 40.4 Å². The van der Waals surface area contributed by atoms with Gasteiger partial charge in [0.25, 0.3) is 5.91 Å². The van der Waals surface area contributed by atoms with Crippen molar-refractivity contribution in [1.29, 1.82) is 0 Å². The number of carbonyl (C=O) groups excluding carboxylic acids is 3. The maximum Gasteiger partial charge on any atom is 0.270 e. The number of aliphatic hydroxyl groups is 1. The molecule has 3 N–H and O–H groups in total. The van der Waals surface area contributed by atoms with E-state index in [2.05, 4.69) is 62.8 Å². The second-order valence-electron chi connectivity index (χ2n) is 12.7. The molecule has 2 saturated heterocycles. The van der Waals surface area contributed by atoms with Crippen LogP contribution in [0.4, 0.5) is 10.1 Å². The minimum atomic E-state index is -0.870. The summed E-state index contributed by atoms with van der Waals surface area (Å²) < 4.78 is 13.5. The molecule has 0 spiro atoms. The van der Waals surface area contributed by atoms with Gasteiger partial charge < -0.3 is 30.4 Å². The molecule has 46 heavy (non-hydrogen) atoms. The highest BCUT2D eigenvalue weighted by Crippen LogP contribution is 2.33. The van der Waals surface area contributed by atoms with Crippen molar-refractivity contribution in [3.05, 3.63) is 77.2 Å². The first-order valence-corrected chi connectivity index (χ1v) is 16.0. The van der Waals surface area contributed by atoms with Crippen LogP contribution in [0.2, 0.25) is 0 Å². The first-order chi connectivity index (χ1) is 22.1. The number of nitrogens with zero attached hydrogens (tertiary/aromatic N) is 4. The number of aromatic nitrogens is 1. The summed E-state index contributed by atoms with van der Waals surface area (Å²) in [5.74, 6) is -1.20. The quantitative estimate of drug-likeness (QED) is 0.333. The summed E-state index contributed by atoms with van der Waals surface area (Å²) in [7, 11) is 2.14. The summed E-state index contributed by atoms with van der Waals surface area (Å²) in [4.78, 5) is 49.8. The number of allylic oxidation sites excluding steroid dienone is 1. The Kier molecular flexibility index (Phi) is 9.32. The average molecular weight is 629 g/mol. The fourth-order valence-electron chi connectivity index (χ4n) is 6.19. The van der Waals surface area contributed by atoms with Crippen LogP contribution in [0.15, 0.2) is 54.6 Å². The summed E-state index contributed by atoms with van der Waals surface area (Å²) in [6.07, 6.45) is 6.06. The van der Waals surface area contributed by atoms with E-state index in [0.717, 1.165) is 43.0 Å². The number of fused-ring (bicyclic) bond motifs is 1. The van der Waals surface area contributed by atoms with Crippen LogP contribution in [0.3, 0.4) is 0 Å². The van der Waals surface area contributed by atoms with E-state index in [-0.39, 0.29) is 37.2 Å². The second kappa shape index (κ2) is 13.6. The van der Waals surface area contributed by atoms with E-state index in [1.54, 1.807) is 6.07 Å². The predicted molar refractivity (Wildman–Crippen MR) is 175 cm³/mol. The molecule has 3 aliphatic rings. The molecule has 0 bridgehead atoms. The van der Waals surface area contributed by atoms with Crippen LogP contribution in [0.1, 0.15) is 53.8 Å². The summed E-state index contributed by atoms with van der Waals surface area (Å²) >= 11 is 0. The number of likely N-dealkylation sites (tertiary alicyclic amines) is 1. The third-order valence-electron chi connectivity index (χ3n) is 9.12. The Balaban J connectivity index is 1.10. The minimum Gasteiger partial charge on any atom is -0.391 e. The number of pyridine rings is 1. The van der Waals surface area contributed by atoms with E-state index in [1.807, 2.05) is 6.92 Å². The zero-order valence-electron chi connectivity index (χ0n) is 26.3. The highest BCUT2D eigenvalue weighted by Gasteiger charge is 2.39. The van der Waals surface area contributed by atoms with Gasteiger partial charge in [0.05, 0.1) is 24.2 Å². The van der Waals surface area contributed by atoms with Gasteiger partial charge in [0.2, 0.25) is 11.8 Å². The monoisotopic (exact) mass is 628 g/mol. The maximum absolute atomic E-state index is 13.6. The SMILES string of the molecule is C[C@H](NC(=O)[C@@H]1C[C@@H](O)CN1C(=O)CNC(=O)c1ccc2cc(F)ccc2n1)c1ccc(N2CCN(C)CC2)cc1/C=C/C1CC1. The second-order valence-corrected chi connectivity index (χ2v) is 12.7. The molecule has 1 aromatic heterocycles. The third kappa shape index (κ3) is 7.37. The fourth-order valence-corrected chi connectivity index (χ4v) is 6.19. The fraction of sp³-hybridized carbons (Fsp3) is 0.429. The molecule has 1 aliphatic carbocycles. The van der Waals surface area contributed by atoms with E-state index in [9.17, 15) is 23.9 Å². The molecule has 3 fully saturated rings. The Morgan fingerprint density at radius 2 is 1.85 bits per heavy atom. The van der Waals surface area contributed by atoms with Gasteiger partial charge in [-0.1, -0.05) is 24.3 Å². The molecule has 1 saturated carbocycles. The number of rotatable bonds is 9. The van der Waals surface area contributed by atoms with E-state index < -0.39 is 29.8 Å². The van der Waals surface area contributed by atoms with Gasteiger partial charge in [-0.2, -0.15) is 0 Å². The van der Waals surface area contributed by atoms with Crippen molar-refractivity contribution in [3.63, 3.8) is 0 Å². The Morgan fingerprint density at radius 3 is 2.61 bits per heavy atom. The third-order valence-corrected chi connectivity index (χ3v) is 9.12. The van der Waals surface area contributed by atoms with Gasteiger partial charge >= 0.3 is 0 Å². The average Bonchev–Trinajstić information content (AvgIpc) is 3.80. The lowest BCUT2D eigenvalue weighted by Gasteiger charge is -2.34. The lowest BCUT2D eigenvalue weighted by molar-refractivity contribution is -0.138. The molecule has 3 atom stereocenters. The Labute approximate surface area is 268 Å². The number of aliphatic hydroxyl groups excluding tert-OH is 1. The predicted octanol–water partition coefficient (Wildman–Crippen LogP) is 3.12. The number of hydrogen-bond donors (Lipinski definition) is 3. The molecule has 3 amide bonds. The highest BCUT2D eigenvalue weighted by atomic mass is 19.1. The normalized spacial score (nSPS) is 21.1. The Hall–Kier alpha value is -4.35. The van der Waals surface area contributed by atoms with Crippen molar-refractivity contribution in [1.82, 2.24) is 25.4 Å². The maximum atomic E-state index is 13.6. The van der Waals surface area contributed by atoms with Crippen LogP contribution in [-0.4, -0.2) is 96.1 Å². The van der Waals surface area contributed by atoms with Gasteiger partial charge in [-0.25, -0.2) is 9.37 Å². The molecule has 2 aliphatic heterocycles. The molecule has 6 rings (SSSR count). The lowest BCUT2D eigenvalue weighted by Crippen LogP contribution is -2.49. The van der Waals surface area contributed by atoms with Gasteiger partial charge in [-0.15, -0.1) is 0 Å². The van der Waals surface area contributed by atoms with E-state index in [0.29, 0.717) is 16.8 Å². The Bertz CT molecular complexity index is 1650. The largest absolute Gasteiger partial charge is 0.391 e. The smallest absolute Gasteiger partial charge is 0.270 e. The van der Waals surface area contributed by atoms with Crippen molar-refractivity contribution in [2.45, 2.75) is 44.4 Å².